The predicted octanol–water partition coefficient (Wildman–Crippen LogP) is 2.64. The Morgan fingerprint density at radius 1 is 1.23 bits per heavy atom. The van der Waals surface area contributed by atoms with Crippen molar-refractivity contribution < 1.29 is 18.7 Å². The average molecular weight is 418 g/mol. The highest BCUT2D eigenvalue weighted by molar-refractivity contribution is 6.00. The third kappa shape index (κ3) is 4.37. The molecule has 164 valence electrons. The summed E-state index contributed by atoms with van der Waals surface area (Å²) in [6.45, 7) is 5.92. The van der Waals surface area contributed by atoms with E-state index in [1.54, 1.807) is 19.1 Å². The smallest absolute Gasteiger partial charge is 0.227 e. The number of amides is 2. The first-order valence-corrected chi connectivity index (χ1v) is 11.2. The Morgan fingerprint density at radius 2 is 1.97 bits per heavy atom. The van der Waals surface area contributed by atoms with Gasteiger partial charge in [0, 0.05) is 43.8 Å². The summed E-state index contributed by atoms with van der Waals surface area (Å²) in [5.41, 5.74) is 1.07. The van der Waals surface area contributed by atoms with Crippen molar-refractivity contribution in [2.45, 2.75) is 51.0 Å². The highest BCUT2D eigenvalue weighted by Crippen LogP contribution is 2.34. The zero-order valence-electron chi connectivity index (χ0n) is 17.8. The number of benzene rings is 1. The van der Waals surface area contributed by atoms with E-state index < -0.39 is 5.92 Å². The van der Waals surface area contributed by atoms with Gasteiger partial charge in [-0.1, -0.05) is 25.3 Å². The van der Waals surface area contributed by atoms with Crippen LogP contribution in [0.1, 0.15) is 44.1 Å². The number of carbonyl (C=O) groups excluding carboxylic acids is 2. The van der Waals surface area contributed by atoms with Gasteiger partial charge in [-0.25, -0.2) is 4.39 Å². The van der Waals surface area contributed by atoms with Crippen molar-refractivity contribution in [3.05, 3.63) is 29.6 Å². The van der Waals surface area contributed by atoms with Crippen molar-refractivity contribution >= 4 is 17.5 Å². The van der Waals surface area contributed by atoms with Crippen molar-refractivity contribution in [2.75, 3.05) is 44.3 Å². The monoisotopic (exact) mass is 417 g/mol. The first kappa shape index (κ1) is 21.2. The van der Waals surface area contributed by atoms with Crippen molar-refractivity contribution in [1.29, 1.82) is 0 Å². The van der Waals surface area contributed by atoms with Gasteiger partial charge < -0.3 is 15.0 Å². The second-order valence-corrected chi connectivity index (χ2v) is 8.94. The third-order valence-electron chi connectivity index (χ3n) is 7.02. The SMILES string of the molecule is Cc1ccc(N2C[C@H](C(=O)NCC3(N4CCOCC4)CCCCC3)CC2=O)cc1F. The number of carbonyl (C=O) groups is 2. The van der Waals surface area contributed by atoms with E-state index in [1.165, 1.54) is 30.2 Å². The molecule has 7 heteroatoms. The molecule has 2 amide bonds. The molecule has 30 heavy (non-hydrogen) atoms. The van der Waals surface area contributed by atoms with Crippen molar-refractivity contribution in [2.24, 2.45) is 5.92 Å². The van der Waals surface area contributed by atoms with E-state index >= 15 is 0 Å². The molecular formula is C23H32FN3O3. The van der Waals surface area contributed by atoms with Gasteiger partial charge in [0.2, 0.25) is 11.8 Å². The molecule has 2 saturated heterocycles. The highest BCUT2D eigenvalue weighted by Gasteiger charge is 2.40. The van der Waals surface area contributed by atoms with Crippen molar-refractivity contribution in [1.82, 2.24) is 10.2 Å². The fourth-order valence-electron chi connectivity index (χ4n) is 5.13. The van der Waals surface area contributed by atoms with Crippen LogP contribution in [0.15, 0.2) is 18.2 Å². The molecule has 0 unspecified atom stereocenters. The zero-order chi connectivity index (χ0) is 21.1. The van der Waals surface area contributed by atoms with Crippen LogP contribution in [-0.4, -0.2) is 61.6 Å². The van der Waals surface area contributed by atoms with Crippen LogP contribution in [0.5, 0.6) is 0 Å². The van der Waals surface area contributed by atoms with Crippen LogP contribution in [0.2, 0.25) is 0 Å². The molecule has 2 heterocycles. The molecule has 3 fully saturated rings. The minimum Gasteiger partial charge on any atom is -0.379 e. The van der Waals surface area contributed by atoms with E-state index in [1.807, 2.05) is 0 Å². The Balaban J connectivity index is 1.39. The Hall–Kier alpha value is -1.99. The third-order valence-corrected chi connectivity index (χ3v) is 7.02. The van der Waals surface area contributed by atoms with Gasteiger partial charge >= 0.3 is 0 Å². The Labute approximate surface area is 177 Å². The maximum atomic E-state index is 13.9. The number of ether oxygens (including phenoxy) is 1. The first-order chi connectivity index (χ1) is 14.5. The summed E-state index contributed by atoms with van der Waals surface area (Å²) in [7, 11) is 0. The summed E-state index contributed by atoms with van der Waals surface area (Å²) < 4.78 is 19.5. The lowest BCUT2D eigenvalue weighted by Crippen LogP contribution is -2.60. The van der Waals surface area contributed by atoms with E-state index in [0.717, 1.165) is 39.1 Å². The van der Waals surface area contributed by atoms with Gasteiger partial charge in [0.15, 0.2) is 0 Å². The minimum atomic E-state index is -0.396. The number of nitrogens with one attached hydrogen (secondary N) is 1. The quantitative estimate of drug-likeness (QED) is 0.800. The molecule has 4 rings (SSSR count). The fraction of sp³-hybridized carbons (Fsp3) is 0.652. The molecule has 0 bridgehead atoms. The summed E-state index contributed by atoms with van der Waals surface area (Å²) in [5.74, 6) is -0.930. The zero-order valence-corrected chi connectivity index (χ0v) is 17.8. The van der Waals surface area contributed by atoms with Gasteiger partial charge in [0.25, 0.3) is 0 Å². The summed E-state index contributed by atoms with van der Waals surface area (Å²) in [6, 6.07) is 4.79. The summed E-state index contributed by atoms with van der Waals surface area (Å²) in [6.07, 6.45) is 5.96. The topological polar surface area (TPSA) is 61.9 Å². The van der Waals surface area contributed by atoms with Crippen LogP contribution >= 0.6 is 0 Å². The summed E-state index contributed by atoms with van der Waals surface area (Å²) in [4.78, 5) is 29.5. The molecule has 1 aromatic carbocycles. The van der Waals surface area contributed by atoms with Crippen molar-refractivity contribution in [3.63, 3.8) is 0 Å². The van der Waals surface area contributed by atoms with Crippen LogP contribution < -0.4 is 10.2 Å². The highest BCUT2D eigenvalue weighted by atomic mass is 19.1. The molecule has 2 aliphatic heterocycles. The van der Waals surface area contributed by atoms with E-state index in [0.29, 0.717) is 24.3 Å². The first-order valence-electron chi connectivity index (χ1n) is 11.2. The van der Waals surface area contributed by atoms with Crippen LogP contribution in [0, 0.1) is 18.7 Å². The van der Waals surface area contributed by atoms with E-state index in [-0.39, 0.29) is 29.6 Å². The van der Waals surface area contributed by atoms with Gasteiger partial charge in [-0.2, -0.15) is 0 Å². The number of hydrogen-bond acceptors (Lipinski definition) is 4. The van der Waals surface area contributed by atoms with Crippen molar-refractivity contribution in [3.8, 4) is 0 Å². The molecule has 0 radical (unpaired) electrons. The van der Waals surface area contributed by atoms with Crippen LogP contribution in [0.4, 0.5) is 10.1 Å². The molecule has 0 aromatic heterocycles. The molecular weight excluding hydrogens is 385 g/mol. The van der Waals surface area contributed by atoms with Gasteiger partial charge in [0.1, 0.15) is 5.82 Å². The van der Waals surface area contributed by atoms with Crippen LogP contribution in [0.3, 0.4) is 0 Å². The molecule has 1 N–H and O–H groups in total. The molecule has 6 nitrogen and oxygen atoms in total. The molecule has 1 saturated carbocycles. The normalized spacial score (nSPS) is 24.8. The van der Waals surface area contributed by atoms with E-state index in [4.69, 9.17) is 4.74 Å². The average Bonchev–Trinajstić information content (AvgIpc) is 3.17. The molecule has 3 aliphatic rings. The summed E-state index contributed by atoms with van der Waals surface area (Å²) >= 11 is 0. The molecule has 1 aromatic rings. The maximum absolute atomic E-state index is 13.9. The Bertz CT molecular complexity index is 788. The van der Waals surface area contributed by atoms with Gasteiger partial charge in [-0.15, -0.1) is 0 Å². The lowest BCUT2D eigenvalue weighted by atomic mass is 9.79. The van der Waals surface area contributed by atoms with Gasteiger partial charge in [-0.05, 0) is 37.5 Å². The number of anilines is 1. The molecule has 1 aliphatic carbocycles. The van der Waals surface area contributed by atoms with Crippen LogP contribution in [-0.2, 0) is 14.3 Å². The maximum Gasteiger partial charge on any atom is 0.227 e. The molecule has 1 atom stereocenters. The number of rotatable bonds is 5. The fourth-order valence-corrected chi connectivity index (χ4v) is 5.13. The molecule has 0 spiro atoms. The van der Waals surface area contributed by atoms with E-state index in [2.05, 4.69) is 10.2 Å². The second kappa shape index (κ2) is 9.02. The van der Waals surface area contributed by atoms with E-state index in [9.17, 15) is 14.0 Å². The number of nitrogens with zero attached hydrogens (tertiary/aromatic N) is 2. The number of hydrogen-bond donors (Lipinski definition) is 1. The Morgan fingerprint density at radius 3 is 2.67 bits per heavy atom. The summed E-state index contributed by atoms with van der Waals surface area (Å²) in [5, 5.41) is 3.17. The number of morpholine rings is 1. The number of halogens is 1. The van der Waals surface area contributed by atoms with Gasteiger partial charge in [0.05, 0.1) is 19.1 Å². The minimum absolute atomic E-state index is 0.0000753. The van der Waals surface area contributed by atoms with Crippen LogP contribution in [0.25, 0.3) is 0 Å². The predicted molar refractivity (Wildman–Crippen MR) is 113 cm³/mol. The lowest BCUT2D eigenvalue weighted by Gasteiger charge is -2.48. The second-order valence-electron chi connectivity index (χ2n) is 8.94. The standard InChI is InChI=1S/C23H32FN3O3/c1-17-5-6-19(14-20(17)24)27-15-18(13-21(27)28)22(29)25-16-23(7-3-2-4-8-23)26-9-11-30-12-10-26/h5-6,14,18H,2-4,7-13,15-16H2,1H3,(H,25,29)/t18-/m1/s1. The largest absolute Gasteiger partial charge is 0.379 e. The Kier molecular flexibility index (Phi) is 6.39. The number of aryl methyl sites for hydroxylation is 1. The van der Waals surface area contributed by atoms with Gasteiger partial charge in [-0.3, -0.25) is 14.5 Å². The lowest BCUT2D eigenvalue weighted by molar-refractivity contribution is -0.127.